The van der Waals surface area contributed by atoms with E-state index in [0.29, 0.717) is 13.2 Å². The highest BCUT2D eigenvalue weighted by Gasteiger charge is 2.47. The Morgan fingerprint density at radius 1 is 1.56 bits per heavy atom. The first-order valence-electron chi connectivity index (χ1n) is 5.99. The quantitative estimate of drug-likeness (QED) is 0.823. The Morgan fingerprint density at radius 3 is 2.67 bits per heavy atom. The first-order valence-corrected chi connectivity index (χ1v) is 5.99. The van der Waals surface area contributed by atoms with Gasteiger partial charge in [-0.1, -0.05) is 13.0 Å². The first-order chi connectivity index (χ1) is 8.67. The van der Waals surface area contributed by atoms with Gasteiger partial charge < -0.3 is 9.47 Å². The van der Waals surface area contributed by atoms with Crippen LogP contribution in [0.3, 0.4) is 0 Å². The van der Waals surface area contributed by atoms with Crippen molar-refractivity contribution in [2.24, 2.45) is 5.92 Å². The van der Waals surface area contributed by atoms with Crippen molar-refractivity contribution in [2.45, 2.75) is 18.8 Å². The highest BCUT2D eigenvalue weighted by atomic mass is 19.1. The summed E-state index contributed by atoms with van der Waals surface area (Å²) in [5.74, 6) is -0.327. The van der Waals surface area contributed by atoms with Crippen LogP contribution in [0.1, 0.15) is 18.9 Å². The summed E-state index contributed by atoms with van der Waals surface area (Å²) in [7, 11) is 1.43. The Morgan fingerprint density at radius 2 is 2.28 bits per heavy atom. The molecule has 0 bridgehead atoms. The number of hydrogen-bond acceptors (Lipinski definition) is 3. The van der Waals surface area contributed by atoms with E-state index in [1.54, 1.807) is 6.07 Å². The number of nitriles is 1. The molecule has 96 valence electrons. The molecule has 0 N–H and O–H groups in total. The predicted molar refractivity (Wildman–Crippen MR) is 64.8 cm³/mol. The molecule has 18 heavy (non-hydrogen) atoms. The van der Waals surface area contributed by atoms with Crippen LogP contribution in [0.2, 0.25) is 0 Å². The fraction of sp³-hybridized carbons (Fsp3) is 0.500. The summed E-state index contributed by atoms with van der Waals surface area (Å²) in [6, 6.07) is 7.20. The number of methoxy groups -OCH3 is 1. The molecule has 1 atom stereocenters. The maximum absolute atomic E-state index is 13.8. The van der Waals surface area contributed by atoms with Gasteiger partial charge in [0.05, 0.1) is 37.7 Å². The standard InChI is InChI=1S/C14H16FNO2/c1-3-10(7-16)14(8-18-9-14)11-4-5-13(17-2)12(15)6-11/h4-6,10H,3,8-9H2,1-2H3. The lowest BCUT2D eigenvalue weighted by atomic mass is 9.68. The summed E-state index contributed by atoms with van der Waals surface area (Å²) >= 11 is 0. The number of benzene rings is 1. The Kier molecular flexibility index (Phi) is 3.53. The van der Waals surface area contributed by atoms with Crippen molar-refractivity contribution in [3.8, 4) is 11.8 Å². The molecule has 1 aliphatic heterocycles. The molecule has 4 heteroatoms. The zero-order valence-corrected chi connectivity index (χ0v) is 10.6. The smallest absolute Gasteiger partial charge is 0.165 e. The summed E-state index contributed by atoms with van der Waals surface area (Å²) in [5, 5.41) is 9.23. The molecule has 1 aliphatic rings. The third-order valence-electron chi connectivity index (χ3n) is 3.68. The van der Waals surface area contributed by atoms with Crippen LogP contribution in [0.15, 0.2) is 18.2 Å². The van der Waals surface area contributed by atoms with E-state index < -0.39 is 5.82 Å². The Balaban J connectivity index is 2.39. The van der Waals surface area contributed by atoms with Crippen molar-refractivity contribution in [2.75, 3.05) is 20.3 Å². The number of rotatable bonds is 4. The molecule has 0 spiro atoms. The molecule has 0 radical (unpaired) electrons. The van der Waals surface area contributed by atoms with Gasteiger partial charge in [-0.15, -0.1) is 0 Å². The number of nitrogens with zero attached hydrogens (tertiary/aromatic N) is 1. The van der Waals surface area contributed by atoms with Gasteiger partial charge in [-0.25, -0.2) is 4.39 Å². The molecule has 1 aromatic carbocycles. The van der Waals surface area contributed by atoms with Crippen LogP contribution in [0.5, 0.6) is 5.75 Å². The number of hydrogen-bond donors (Lipinski definition) is 0. The minimum atomic E-state index is -0.394. The number of halogens is 1. The average Bonchev–Trinajstić information content (AvgIpc) is 2.33. The van der Waals surface area contributed by atoms with Gasteiger partial charge in [-0.3, -0.25) is 0 Å². The van der Waals surface area contributed by atoms with Gasteiger partial charge >= 0.3 is 0 Å². The lowest BCUT2D eigenvalue weighted by Gasteiger charge is -2.45. The fourth-order valence-corrected chi connectivity index (χ4v) is 2.47. The Hall–Kier alpha value is -1.60. The van der Waals surface area contributed by atoms with Crippen LogP contribution in [0, 0.1) is 23.1 Å². The van der Waals surface area contributed by atoms with Gasteiger partial charge in [0.15, 0.2) is 11.6 Å². The van der Waals surface area contributed by atoms with Gasteiger partial charge in [0, 0.05) is 0 Å². The molecule has 0 amide bonds. The maximum Gasteiger partial charge on any atom is 0.165 e. The van der Waals surface area contributed by atoms with Crippen molar-refractivity contribution >= 4 is 0 Å². The highest BCUT2D eigenvalue weighted by molar-refractivity contribution is 5.37. The van der Waals surface area contributed by atoms with E-state index in [4.69, 9.17) is 9.47 Å². The Bertz CT molecular complexity index is 477. The average molecular weight is 249 g/mol. The van der Waals surface area contributed by atoms with Crippen LogP contribution in [0.4, 0.5) is 4.39 Å². The van der Waals surface area contributed by atoms with E-state index in [9.17, 15) is 9.65 Å². The topological polar surface area (TPSA) is 42.2 Å². The molecule has 1 aromatic rings. The lowest BCUT2D eigenvalue weighted by molar-refractivity contribution is -0.0806. The lowest BCUT2D eigenvalue weighted by Crippen LogP contribution is -2.52. The van der Waals surface area contributed by atoms with Gasteiger partial charge in [-0.05, 0) is 24.1 Å². The van der Waals surface area contributed by atoms with Crippen LogP contribution >= 0.6 is 0 Å². The van der Waals surface area contributed by atoms with E-state index >= 15 is 0 Å². The van der Waals surface area contributed by atoms with Crippen molar-refractivity contribution in [3.63, 3.8) is 0 Å². The minimum Gasteiger partial charge on any atom is -0.494 e. The van der Waals surface area contributed by atoms with Crippen LogP contribution < -0.4 is 4.74 Å². The van der Waals surface area contributed by atoms with Gasteiger partial charge in [0.25, 0.3) is 0 Å². The van der Waals surface area contributed by atoms with Gasteiger partial charge in [0.2, 0.25) is 0 Å². The van der Waals surface area contributed by atoms with E-state index in [-0.39, 0.29) is 17.1 Å². The summed E-state index contributed by atoms with van der Waals surface area (Å²) in [6.07, 6.45) is 0.730. The molecular weight excluding hydrogens is 233 g/mol. The van der Waals surface area contributed by atoms with Gasteiger partial charge in [0.1, 0.15) is 0 Å². The zero-order chi connectivity index (χ0) is 13.2. The monoisotopic (exact) mass is 249 g/mol. The molecular formula is C14H16FNO2. The summed E-state index contributed by atoms with van der Waals surface area (Å²) in [4.78, 5) is 0. The van der Waals surface area contributed by atoms with Crippen molar-refractivity contribution in [1.82, 2.24) is 0 Å². The third kappa shape index (κ3) is 1.85. The normalized spacial score (nSPS) is 18.6. The first kappa shape index (κ1) is 12.8. The molecule has 0 aliphatic carbocycles. The molecule has 1 unspecified atom stereocenters. The summed E-state index contributed by atoms with van der Waals surface area (Å²) < 4.78 is 23.9. The molecule has 2 rings (SSSR count). The van der Waals surface area contributed by atoms with Crippen LogP contribution in [0.25, 0.3) is 0 Å². The SMILES string of the molecule is CCC(C#N)C1(c2ccc(OC)c(F)c2)COC1. The predicted octanol–water partition coefficient (Wildman–Crippen LogP) is 2.65. The van der Waals surface area contributed by atoms with E-state index in [1.807, 2.05) is 13.0 Å². The molecule has 0 saturated carbocycles. The van der Waals surface area contributed by atoms with E-state index in [1.165, 1.54) is 13.2 Å². The molecule has 3 nitrogen and oxygen atoms in total. The van der Waals surface area contributed by atoms with Crippen LogP contribution in [-0.4, -0.2) is 20.3 Å². The van der Waals surface area contributed by atoms with E-state index in [0.717, 1.165) is 12.0 Å². The van der Waals surface area contributed by atoms with Gasteiger partial charge in [-0.2, -0.15) is 5.26 Å². The van der Waals surface area contributed by atoms with Crippen molar-refractivity contribution in [3.05, 3.63) is 29.6 Å². The second-order valence-corrected chi connectivity index (χ2v) is 4.59. The third-order valence-corrected chi connectivity index (χ3v) is 3.68. The highest BCUT2D eigenvalue weighted by Crippen LogP contribution is 2.41. The summed E-state index contributed by atoms with van der Waals surface area (Å²) in [6.45, 7) is 2.92. The fourth-order valence-electron chi connectivity index (χ4n) is 2.47. The minimum absolute atomic E-state index is 0.154. The largest absolute Gasteiger partial charge is 0.494 e. The second-order valence-electron chi connectivity index (χ2n) is 4.59. The van der Waals surface area contributed by atoms with Crippen LogP contribution in [-0.2, 0) is 10.2 Å². The second kappa shape index (κ2) is 4.95. The molecule has 0 aromatic heterocycles. The van der Waals surface area contributed by atoms with Crippen molar-refractivity contribution < 1.29 is 13.9 Å². The van der Waals surface area contributed by atoms with E-state index in [2.05, 4.69) is 6.07 Å². The molecule has 1 heterocycles. The zero-order valence-electron chi connectivity index (χ0n) is 10.6. The summed E-state index contributed by atoms with van der Waals surface area (Å²) in [5.41, 5.74) is 0.455. The van der Waals surface area contributed by atoms with Crippen molar-refractivity contribution in [1.29, 1.82) is 5.26 Å². The molecule has 1 saturated heterocycles. The molecule has 1 fully saturated rings. The maximum atomic E-state index is 13.8. The number of ether oxygens (including phenoxy) is 2. The Labute approximate surface area is 106 Å².